The second-order valence-corrected chi connectivity index (χ2v) is 5.06. The summed E-state index contributed by atoms with van der Waals surface area (Å²) >= 11 is 11.8. The topological polar surface area (TPSA) is 61.6 Å². The Morgan fingerprint density at radius 1 is 1.05 bits per heavy atom. The number of ketones is 1. The molecular weight excluding hydrogens is 313 g/mol. The van der Waals surface area contributed by atoms with Crippen LogP contribution in [0.15, 0.2) is 30.3 Å². The molecule has 4 nitrogen and oxygen atoms in total. The fourth-order valence-corrected chi connectivity index (χ4v) is 2.17. The van der Waals surface area contributed by atoms with Crippen LogP contribution in [0.4, 0.5) is 5.69 Å². The van der Waals surface area contributed by atoms with Crippen molar-refractivity contribution in [3.8, 4) is 11.5 Å². The molecule has 0 saturated heterocycles. The van der Waals surface area contributed by atoms with Crippen LogP contribution >= 0.6 is 23.2 Å². The minimum Gasteiger partial charge on any atom is -0.497 e. The van der Waals surface area contributed by atoms with Gasteiger partial charge in [-0.05, 0) is 24.3 Å². The average Bonchev–Trinajstić information content (AvgIpc) is 2.49. The maximum atomic E-state index is 12.6. The van der Waals surface area contributed by atoms with Crippen LogP contribution in [0, 0.1) is 0 Å². The SMILES string of the molecule is COc1cc(OC)c(N)c(C(=O)c2ccc(Cl)c(Cl)c2)c1. The van der Waals surface area contributed by atoms with Crippen molar-refractivity contribution in [3.05, 3.63) is 51.5 Å². The van der Waals surface area contributed by atoms with Gasteiger partial charge in [-0.1, -0.05) is 23.2 Å². The monoisotopic (exact) mass is 325 g/mol. The van der Waals surface area contributed by atoms with Crippen LogP contribution in [0.5, 0.6) is 11.5 Å². The number of anilines is 1. The van der Waals surface area contributed by atoms with Crippen LogP contribution in [0.3, 0.4) is 0 Å². The molecule has 0 heterocycles. The predicted molar refractivity (Wildman–Crippen MR) is 83.9 cm³/mol. The lowest BCUT2D eigenvalue weighted by atomic mass is 10.0. The van der Waals surface area contributed by atoms with Crippen molar-refractivity contribution >= 4 is 34.7 Å². The molecule has 2 aromatic carbocycles. The zero-order valence-corrected chi connectivity index (χ0v) is 13.0. The lowest BCUT2D eigenvalue weighted by Gasteiger charge is -2.12. The van der Waals surface area contributed by atoms with E-state index in [1.54, 1.807) is 24.3 Å². The van der Waals surface area contributed by atoms with E-state index in [0.717, 1.165) is 0 Å². The van der Waals surface area contributed by atoms with E-state index in [0.29, 0.717) is 27.1 Å². The van der Waals surface area contributed by atoms with E-state index in [1.165, 1.54) is 20.3 Å². The van der Waals surface area contributed by atoms with Gasteiger partial charge in [0.05, 0.1) is 35.5 Å². The first-order chi connectivity index (χ1) is 9.97. The van der Waals surface area contributed by atoms with E-state index in [4.69, 9.17) is 38.4 Å². The van der Waals surface area contributed by atoms with Crippen molar-refractivity contribution < 1.29 is 14.3 Å². The van der Waals surface area contributed by atoms with Gasteiger partial charge in [-0.3, -0.25) is 4.79 Å². The number of carbonyl (C=O) groups is 1. The minimum absolute atomic E-state index is 0.245. The molecule has 0 fully saturated rings. The summed E-state index contributed by atoms with van der Waals surface area (Å²) in [5.74, 6) is 0.561. The number of halogens is 2. The molecule has 21 heavy (non-hydrogen) atoms. The molecular formula is C15H13Cl2NO3. The molecule has 0 aliphatic heterocycles. The second-order valence-electron chi connectivity index (χ2n) is 4.25. The van der Waals surface area contributed by atoms with E-state index in [1.807, 2.05) is 0 Å². The molecule has 0 amide bonds. The predicted octanol–water partition coefficient (Wildman–Crippen LogP) is 3.82. The highest BCUT2D eigenvalue weighted by atomic mass is 35.5. The molecule has 6 heteroatoms. The van der Waals surface area contributed by atoms with Crippen molar-refractivity contribution in [2.75, 3.05) is 20.0 Å². The Morgan fingerprint density at radius 3 is 2.33 bits per heavy atom. The van der Waals surface area contributed by atoms with E-state index in [2.05, 4.69) is 0 Å². The molecule has 2 N–H and O–H groups in total. The van der Waals surface area contributed by atoms with E-state index in [-0.39, 0.29) is 17.0 Å². The molecule has 0 aliphatic rings. The Kier molecular flexibility index (Phi) is 4.60. The first-order valence-electron chi connectivity index (χ1n) is 5.99. The zero-order chi connectivity index (χ0) is 15.6. The van der Waals surface area contributed by atoms with E-state index < -0.39 is 0 Å². The van der Waals surface area contributed by atoms with Gasteiger partial charge in [0.25, 0.3) is 0 Å². The fraction of sp³-hybridized carbons (Fsp3) is 0.133. The number of nitrogen functional groups attached to an aromatic ring is 1. The number of rotatable bonds is 4. The van der Waals surface area contributed by atoms with E-state index >= 15 is 0 Å². The van der Waals surface area contributed by atoms with Gasteiger partial charge < -0.3 is 15.2 Å². The molecule has 0 unspecified atom stereocenters. The highest BCUT2D eigenvalue weighted by molar-refractivity contribution is 6.42. The van der Waals surface area contributed by atoms with Crippen LogP contribution in [0.25, 0.3) is 0 Å². The number of hydrogen-bond acceptors (Lipinski definition) is 4. The molecule has 0 spiro atoms. The summed E-state index contributed by atoms with van der Waals surface area (Å²) in [5.41, 5.74) is 6.87. The van der Waals surface area contributed by atoms with E-state index in [9.17, 15) is 4.79 Å². The molecule has 0 atom stereocenters. The Labute approximate surface area is 132 Å². The van der Waals surface area contributed by atoms with Crippen LogP contribution in [-0.2, 0) is 0 Å². The number of methoxy groups -OCH3 is 2. The quantitative estimate of drug-likeness (QED) is 0.685. The summed E-state index contributed by atoms with van der Waals surface area (Å²) in [5, 5.41) is 0.681. The molecule has 2 aromatic rings. The average molecular weight is 326 g/mol. The maximum Gasteiger partial charge on any atom is 0.195 e. The Bertz CT molecular complexity index is 702. The second kappa shape index (κ2) is 6.24. The normalized spacial score (nSPS) is 10.3. The Morgan fingerprint density at radius 2 is 1.76 bits per heavy atom. The maximum absolute atomic E-state index is 12.6. The van der Waals surface area contributed by atoms with Gasteiger partial charge >= 0.3 is 0 Å². The molecule has 0 bridgehead atoms. The van der Waals surface area contributed by atoms with Gasteiger partial charge in [-0.2, -0.15) is 0 Å². The number of nitrogens with two attached hydrogens (primary N) is 1. The highest BCUT2D eigenvalue weighted by Crippen LogP contribution is 2.33. The van der Waals surface area contributed by atoms with Gasteiger partial charge in [0.1, 0.15) is 11.5 Å². The molecule has 0 aromatic heterocycles. The summed E-state index contributed by atoms with van der Waals surface area (Å²) in [6, 6.07) is 7.81. The van der Waals surface area contributed by atoms with Gasteiger partial charge in [0.15, 0.2) is 5.78 Å². The van der Waals surface area contributed by atoms with Gasteiger partial charge in [0.2, 0.25) is 0 Å². The van der Waals surface area contributed by atoms with Crippen LogP contribution < -0.4 is 15.2 Å². The van der Waals surface area contributed by atoms with Gasteiger partial charge in [-0.15, -0.1) is 0 Å². The third-order valence-corrected chi connectivity index (χ3v) is 3.74. The highest BCUT2D eigenvalue weighted by Gasteiger charge is 2.18. The van der Waals surface area contributed by atoms with Crippen molar-refractivity contribution in [1.82, 2.24) is 0 Å². The smallest absolute Gasteiger partial charge is 0.195 e. The number of benzene rings is 2. The fourth-order valence-electron chi connectivity index (χ4n) is 1.87. The number of ether oxygens (including phenoxy) is 2. The van der Waals surface area contributed by atoms with Gasteiger partial charge in [-0.25, -0.2) is 0 Å². The molecule has 110 valence electrons. The third kappa shape index (κ3) is 3.06. The first kappa shape index (κ1) is 15.5. The van der Waals surface area contributed by atoms with Crippen LogP contribution in [-0.4, -0.2) is 20.0 Å². The third-order valence-electron chi connectivity index (χ3n) is 3.00. The van der Waals surface area contributed by atoms with Crippen LogP contribution in [0.2, 0.25) is 10.0 Å². The lowest BCUT2D eigenvalue weighted by Crippen LogP contribution is -2.07. The summed E-state index contributed by atoms with van der Waals surface area (Å²) in [7, 11) is 2.97. The number of carbonyl (C=O) groups excluding carboxylic acids is 1. The molecule has 0 radical (unpaired) electrons. The Balaban J connectivity index is 2.54. The van der Waals surface area contributed by atoms with Crippen molar-refractivity contribution in [2.24, 2.45) is 0 Å². The van der Waals surface area contributed by atoms with Crippen LogP contribution in [0.1, 0.15) is 15.9 Å². The lowest BCUT2D eigenvalue weighted by molar-refractivity contribution is 0.103. The Hall–Kier alpha value is -1.91. The first-order valence-corrected chi connectivity index (χ1v) is 6.74. The van der Waals surface area contributed by atoms with Crippen molar-refractivity contribution in [2.45, 2.75) is 0 Å². The molecule has 0 aliphatic carbocycles. The summed E-state index contributed by atoms with van der Waals surface area (Å²) in [6.45, 7) is 0. The molecule has 0 saturated carbocycles. The largest absolute Gasteiger partial charge is 0.497 e. The van der Waals surface area contributed by atoms with Crippen molar-refractivity contribution in [3.63, 3.8) is 0 Å². The summed E-state index contributed by atoms with van der Waals surface area (Å²) in [4.78, 5) is 12.6. The molecule has 2 rings (SSSR count). The summed E-state index contributed by atoms with van der Waals surface area (Å²) < 4.78 is 10.3. The number of hydrogen-bond donors (Lipinski definition) is 1. The standard InChI is InChI=1S/C15H13Cl2NO3/c1-20-9-6-10(14(18)13(7-9)21-2)15(19)8-3-4-11(16)12(17)5-8/h3-7H,18H2,1-2H3. The summed E-state index contributed by atoms with van der Waals surface area (Å²) in [6.07, 6.45) is 0. The van der Waals surface area contributed by atoms with Gasteiger partial charge in [0, 0.05) is 11.6 Å². The van der Waals surface area contributed by atoms with Crippen molar-refractivity contribution in [1.29, 1.82) is 0 Å². The minimum atomic E-state index is -0.289. The zero-order valence-electron chi connectivity index (χ0n) is 11.4.